The van der Waals surface area contributed by atoms with E-state index < -0.39 is 18.5 Å². The van der Waals surface area contributed by atoms with Crippen LogP contribution < -0.4 is 14.8 Å². The van der Waals surface area contributed by atoms with Crippen molar-refractivity contribution in [2.75, 3.05) is 18.7 Å². The fourth-order valence-corrected chi connectivity index (χ4v) is 3.30. The van der Waals surface area contributed by atoms with Crippen molar-refractivity contribution in [2.24, 2.45) is 0 Å². The fourth-order valence-electron chi connectivity index (χ4n) is 2.96. The van der Waals surface area contributed by atoms with E-state index in [0.717, 1.165) is 6.08 Å². The Morgan fingerprint density at radius 3 is 2.75 bits per heavy atom. The molecule has 1 amide bonds. The molecule has 0 unspecified atom stereocenters. The maximum atomic E-state index is 13.1. The lowest BCUT2D eigenvalue weighted by Gasteiger charge is -2.06. The lowest BCUT2D eigenvalue weighted by atomic mass is 10.2. The number of fused-ring (bicyclic) bond motifs is 1. The van der Waals surface area contributed by atoms with Crippen molar-refractivity contribution >= 4 is 35.2 Å². The summed E-state index contributed by atoms with van der Waals surface area (Å²) >= 11 is 6.37. The highest BCUT2D eigenvalue weighted by Crippen LogP contribution is 2.34. The van der Waals surface area contributed by atoms with Gasteiger partial charge in [-0.1, -0.05) is 11.6 Å². The Hall–Kier alpha value is -3.85. The highest BCUT2D eigenvalue weighted by atomic mass is 35.5. The minimum atomic E-state index is -0.726. The standard InChI is InChI=1S/C22H17ClFN3O5/c1-13-17(22(23)27(26-13)16-5-2-14(24)3-6-16)7-9-21(29)30-11-20(28)25-15-4-8-18-19(10-15)32-12-31-18/h2-10H,11-12H2,1H3,(H,25,28). The maximum Gasteiger partial charge on any atom is 0.331 e. The molecule has 2 aromatic carbocycles. The van der Waals surface area contributed by atoms with Crippen molar-refractivity contribution in [3.8, 4) is 17.2 Å². The van der Waals surface area contributed by atoms with Gasteiger partial charge in [0, 0.05) is 23.4 Å². The van der Waals surface area contributed by atoms with E-state index in [1.807, 2.05) is 0 Å². The number of aromatic nitrogens is 2. The molecular formula is C22H17ClFN3O5. The molecule has 1 aliphatic heterocycles. The smallest absolute Gasteiger partial charge is 0.331 e. The van der Waals surface area contributed by atoms with E-state index in [1.54, 1.807) is 25.1 Å². The molecule has 2 heterocycles. The lowest BCUT2D eigenvalue weighted by molar-refractivity contribution is -0.142. The summed E-state index contributed by atoms with van der Waals surface area (Å²) in [5, 5.41) is 7.17. The van der Waals surface area contributed by atoms with Crippen LogP contribution in [0.2, 0.25) is 5.15 Å². The van der Waals surface area contributed by atoms with E-state index in [4.69, 9.17) is 25.8 Å². The van der Waals surface area contributed by atoms with Crippen LogP contribution in [-0.4, -0.2) is 35.1 Å². The Balaban J connectivity index is 1.34. The molecular weight excluding hydrogens is 441 g/mol. The SMILES string of the molecule is Cc1nn(-c2ccc(F)cc2)c(Cl)c1C=CC(=O)OCC(=O)Nc1ccc2c(c1)OCO2. The van der Waals surface area contributed by atoms with Crippen LogP contribution in [0.5, 0.6) is 11.5 Å². The van der Waals surface area contributed by atoms with Crippen molar-refractivity contribution in [3.05, 3.63) is 70.8 Å². The monoisotopic (exact) mass is 457 g/mol. The zero-order chi connectivity index (χ0) is 22.7. The van der Waals surface area contributed by atoms with Gasteiger partial charge < -0.3 is 19.5 Å². The van der Waals surface area contributed by atoms with E-state index in [-0.39, 0.29) is 17.8 Å². The number of aryl methyl sites for hydroxylation is 1. The van der Waals surface area contributed by atoms with E-state index >= 15 is 0 Å². The summed E-state index contributed by atoms with van der Waals surface area (Å²) in [6.07, 6.45) is 2.60. The van der Waals surface area contributed by atoms with E-state index in [0.29, 0.717) is 34.1 Å². The third kappa shape index (κ3) is 4.73. The predicted molar refractivity (Wildman–Crippen MR) is 114 cm³/mol. The summed E-state index contributed by atoms with van der Waals surface area (Å²) in [4.78, 5) is 24.1. The number of carbonyl (C=O) groups excluding carboxylic acids is 2. The number of amides is 1. The average molecular weight is 458 g/mol. The van der Waals surface area contributed by atoms with Crippen molar-refractivity contribution in [1.82, 2.24) is 9.78 Å². The second-order valence-electron chi connectivity index (χ2n) is 6.74. The first-order valence-corrected chi connectivity index (χ1v) is 9.84. The molecule has 0 saturated carbocycles. The van der Waals surface area contributed by atoms with Gasteiger partial charge >= 0.3 is 5.97 Å². The average Bonchev–Trinajstić information content (AvgIpc) is 3.35. The first kappa shape index (κ1) is 21.4. The second kappa shape index (κ2) is 9.11. The van der Waals surface area contributed by atoms with Gasteiger partial charge in [0.05, 0.1) is 11.4 Å². The molecule has 3 aromatic rings. The van der Waals surface area contributed by atoms with Crippen LogP contribution in [-0.2, 0) is 14.3 Å². The molecule has 0 radical (unpaired) electrons. The van der Waals surface area contributed by atoms with E-state index in [2.05, 4.69) is 10.4 Å². The summed E-state index contributed by atoms with van der Waals surface area (Å²) < 4.78 is 30.0. The Bertz CT molecular complexity index is 1210. The molecule has 32 heavy (non-hydrogen) atoms. The van der Waals surface area contributed by atoms with Crippen molar-refractivity contribution in [3.63, 3.8) is 0 Å². The van der Waals surface area contributed by atoms with Gasteiger partial charge in [0.2, 0.25) is 6.79 Å². The first-order valence-electron chi connectivity index (χ1n) is 9.46. The number of nitrogens with one attached hydrogen (secondary N) is 1. The van der Waals surface area contributed by atoms with Gasteiger partial charge in [0.15, 0.2) is 18.1 Å². The quantitative estimate of drug-likeness (QED) is 0.446. The van der Waals surface area contributed by atoms with Crippen LogP contribution in [0.25, 0.3) is 11.8 Å². The van der Waals surface area contributed by atoms with Crippen LogP contribution in [0.4, 0.5) is 10.1 Å². The fraction of sp³-hybridized carbons (Fsp3) is 0.136. The largest absolute Gasteiger partial charge is 0.454 e. The van der Waals surface area contributed by atoms with Gasteiger partial charge in [-0.3, -0.25) is 4.79 Å². The normalized spacial score (nSPS) is 12.2. The zero-order valence-corrected chi connectivity index (χ0v) is 17.6. The molecule has 4 rings (SSSR count). The Kier molecular flexibility index (Phi) is 6.09. The third-order valence-electron chi connectivity index (χ3n) is 4.51. The predicted octanol–water partition coefficient (Wildman–Crippen LogP) is 3.90. The number of hydrogen-bond donors (Lipinski definition) is 1. The van der Waals surface area contributed by atoms with Gasteiger partial charge in [-0.05, 0) is 49.4 Å². The summed E-state index contributed by atoms with van der Waals surface area (Å²) in [6, 6.07) is 10.6. The number of ether oxygens (including phenoxy) is 3. The molecule has 1 aliphatic rings. The molecule has 0 aliphatic carbocycles. The Labute approximate surface area is 187 Å². The molecule has 1 N–H and O–H groups in total. The molecule has 0 fully saturated rings. The van der Waals surface area contributed by atoms with Gasteiger partial charge in [-0.2, -0.15) is 5.10 Å². The molecule has 1 aromatic heterocycles. The van der Waals surface area contributed by atoms with Crippen LogP contribution in [0.15, 0.2) is 48.5 Å². The Morgan fingerprint density at radius 1 is 1.22 bits per heavy atom. The van der Waals surface area contributed by atoms with E-state index in [9.17, 15) is 14.0 Å². The summed E-state index contributed by atoms with van der Waals surface area (Å²) in [6.45, 7) is 1.37. The van der Waals surface area contributed by atoms with Gasteiger partial charge in [-0.25, -0.2) is 13.9 Å². The molecule has 8 nitrogen and oxygen atoms in total. The molecule has 0 bridgehead atoms. The zero-order valence-electron chi connectivity index (χ0n) is 16.8. The number of benzene rings is 2. The number of nitrogens with zero attached hydrogens (tertiary/aromatic N) is 2. The molecule has 0 atom stereocenters. The number of rotatable bonds is 6. The van der Waals surface area contributed by atoms with Crippen molar-refractivity contribution < 1.29 is 28.2 Å². The van der Waals surface area contributed by atoms with Gasteiger partial charge in [-0.15, -0.1) is 0 Å². The van der Waals surface area contributed by atoms with E-state index in [1.165, 1.54) is 35.0 Å². The number of carbonyl (C=O) groups is 2. The summed E-state index contributed by atoms with van der Waals surface area (Å²) in [5.74, 6) is -0.494. The van der Waals surface area contributed by atoms with Crippen LogP contribution >= 0.6 is 11.6 Å². The number of anilines is 1. The van der Waals surface area contributed by atoms with Gasteiger partial charge in [0.1, 0.15) is 11.0 Å². The number of halogens is 2. The Morgan fingerprint density at radius 2 is 1.97 bits per heavy atom. The second-order valence-corrected chi connectivity index (χ2v) is 7.09. The number of esters is 1. The molecule has 10 heteroatoms. The summed E-state index contributed by atoms with van der Waals surface area (Å²) in [7, 11) is 0. The minimum Gasteiger partial charge on any atom is -0.454 e. The topological polar surface area (TPSA) is 91.7 Å². The van der Waals surface area contributed by atoms with Gasteiger partial charge in [0.25, 0.3) is 5.91 Å². The number of hydrogen-bond acceptors (Lipinski definition) is 6. The van der Waals surface area contributed by atoms with Crippen molar-refractivity contribution in [1.29, 1.82) is 0 Å². The van der Waals surface area contributed by atoms with Crippen LogP contribution in [0, 0.1) is 12.7 Å². The summed E-state index contributed by atoms with van der Waals surface area (Å²) in [5.41, 5.74) is 2.12. The highest BCUT2D eigenvalue weighted by Gasteiger charge is 2.15. The molecule has 0 spiro atoms. The van der Waals surface area contributed by atoms with Crippen LogP contribution in [0.3, 0.4) is 0 Å². The molecule has 164 valence electrons. The third-order valence-corrected chi connectivity index (χ3v) is 4.87. The minimum absolute atomic E-state index is 0.128. The van der Waals surface area contributed by atoms with Crippen LogP contribution in [0.1, 0.15) is 11.3 Å². The molecule has 0 saturated heterocycles. The first-order chi connectivity index (χ1) is 15.4. The lowest BCUT2D eigenvalue weighted by Crippen LogP contribution is -2.20. The maximum absolute atomic E-state index is 13.1. The highest BCUT2D eigenvalue weighted by molar-refractivity contribution is 6.31. The van der Waals surface area contributed by atoms with Crippen molar-refractivity contribution in [2.45, 2.75) is 6.92 Å².